The van der Waals surface area contributed by atoms with E-state index in [1.54, 1.807) is 6.92 Å². The summed E-state index contributed by atoms with van der Waals surface area (Å²) in [5.41, 5.74) is 2.86. The second-order valence-corrected chi connectivity index (χ2v) is 6.19. The molecule has 1 aliphatic rings. The third kappa shape index (κ3) is 3.72. The molecule has 0 spiro atoms. The molecular formula is C14H16ClNO5S. The fourth-order valence-electron chi connectivity index (χ4n) is 1.65. The van der Waals surface area contributed by atoms with Crippen LogP contribution in [0.2, 0.25) is 5.02 Å². The number of carbonyl (C=O) groups excluding carboxylic acids is 1. The number of ether oxygens (including phenoxy) is 1. The lowest BCUT2D eigenvalue weighted by molar-refractivity contribution is -0.123. The number of rotatable bonds is 6. The van der Waals surface area contributed by atoms with Gasteiger partial charge in [-0.3, -0.25) is 4.79 Å². The van der Waals surface area contributed by atoms with Gasteiger partial charge in [0.1, 0.15) is 0 Å². The van der Waals surface area contributed by atoms with Gasteiger partial charge >= 0.3 is 10.1 Å². The van der Waals surface area contributed by atoms with Crippen LogP contribution in [-0.4, -0.2) is 19.9 Å². The van der Waals surface area contributed by atoms with Crippen LogP contribution in [0.1, 0.15) is 35.5 Å². The number of hydrogen-bond donors (Lipinski definition) is 1. The number of carbonyl (C=O) groups is 1. The van der Waals surface area contributed by atoms with Gasteiger partial charge in [0.2, 0.25) is 17.4 Å². The first-order valence-electron chi connectivity index (χ1n) is 7.88. The van der Waals surface area contributed by atoms with Crippen molar-refractivity contribution in [1.29, 1.82) is 0 Å². The van der Waals surface area contributed by atoms with Crippen LogP contribution in [0.5, 0.6) is 0 Å². The van der Waals surface area contributed by atoms with Crippen LogP contribution in [0.3, 0.4) is 0 Å². The van der Waals surface area contributed by atoms with Crippen molar-refractivity contribution in [2.24, 2.45) is 5.73 Å². The topological polar surface area (TPSA) is 95.7 Å². The largest absolute Gasteiger partial charge is 0.460 e. The van der Waals surface area contributed by atoms with Gasteiger partial charge in [0, 0.05) is 13.3 Å². The van der Waals surface area contributed by atoms with E-state index in [0.29, 0.717) is 5.02 Å². The Kier molecular flexibility index (Phi) is 3.82. The Labute approximate surface area is 138 Å². The maximum Gasteiger partial charge on any atom is 0.309 e. The Bertz CT molecular complexity index is 825. The molecule has 2 N–H and O–H groups in total. The molecule has 8 heteroatoms. The molecule has 0 radical (unpaired) electrons. The predicted octanol–water partition coefficient (Wildman–Crippen LogP) is 2.25. The average molecular weight is 349 g/mol. The van der Waals surface area contributed by atoms with Gasteiger partial charge in [-0.05, 0) is 18.6 Å². The number of halogens is 1. The minimum Gasteiger partial charge on any atom is -0.460 e. The van der Waals surface area contributed by atoms with Gasteiger partial charge in [0.25, 0.3) is 0 Å². The zero-order chi connectivity index (χ0) is 19.0. The zero-order valence-electron chi connectivity index (χ0n) is 14.6. The molecule has 0 saturated carbocycles. The van der Waals surface area contributed by atoms with E-state index < -0.39 is 39.3 Å². The molecule has 1 aliphatic heterocycles. The molecule has 1 aromatic rings. The summed E-state index contributed by atoms with van der Waals surface area (Å²) in [7, 11) is -4.82. The number of Topliss-reactive ketones (excluding diaryl/α,β-unsaturated/α-hetero) is 1. The number of nitrogens with two attached hydrogens (primary N) is 1. The van der Waals surface area contributed by atoms with Crippen LogP contribution >= 0.6 is 11.6 Å². The van der Waals surface area contributed by atoms with Crippen LogP contribution < -0.4 is 5.73 Å². The standard InChI is InChI=1S/C14H16ClNO5S/c1-2-3-8-22(18,19)21-13-11(17)12(20-14(13)16)9-4-6-10(15)7-5-9/h4-7,12H,2-3,8,16H2,1H3/t12-/m1/s1/i8D2,12D. The Morgan fingerprint density at radius 1 is 1.45 bits per heavy atom. The van der Waals surface area contributed by atoms with E-state index in [1.165, 1.54) is 24.3 Å². The maximum atomic E-state index is 12.5. The molecule has 0 aliphatic carbocycles. The molecule has 0 aromatic heterocycles. The Balaban J connectivity index is 2.34. The number of ketones is 1. The summed E-state index contributed by atoms with van der Waals surface area (Å²) in [6, 6.07) is 5.56. The zero-order valence-corrected chi connectivity index (χ0v) is 13.2. The molecule has 120 valence electrons. The monoisotopic (exact) mass is 348 g/mol. The molecule has 0 amide bonds. The van der Waals surface area contributed by atoms with Gasteiger partial charge < -0.3 is 14.7 Å². The van der Waals surface area contributed by atoms with E-state index in [9.17, 15) is 13.2 Å². The minimum absolute atomic E-state index is 0.0671. The molecule has 1 heterocycles. The van der Waals surface area contributed by atoms with Crippen LogP contribution in [0.25, 0.3) is 0 Å². The summed E-state index contributed by atoms with van der Waals surface area (Å²) in [5.74, 6) is -2.76. The molecule has 0 saturated heterocycles. The highest BCUT2D eigenvalue weighted by atomic mass is 35.5. The molecule has 22 heavy (non-hydrogen) atoms. The quantitative estimate of drug-likeness (QED) is 0.792. The van der Waals surface area contributed by atoms with Gasteiger partial charge in [-0.1, -0.05) is 37.1 Å². The lowest BCUT2D eigenvalue weighted by atomic mass is 10.1. The van der Waals surface area contributed by atoms with E-state index in [0.717, 1.165) is 0 Å². The summed E-state index contributed by atoms with van der Waals surface area (Å²) in [6.07, 6.45) is -2.43. The van der Waals surface area contributed by atoms with E-state index in [-0.39, 0.29) is 18.4 Å². The third-order valence-corrected chi connectivity index (χ3v) is 3.87. The van der Waals surface area contributed by atoms with Crippen LogP contribution in [0.4, 0.5) is 0 Å². The predicted molar refractivity (Wildman–Crippen MR) is 81.3 cm³/mol. The smallest absolute Gasteiger partial charge is 0.309 e. The van der Waals surface area contributed by atoms with Crippen molar-refractivity contribution in [3.63, 3.8) is 0 Å². The summed E-state index contributed by atoms with van der Waals surface area (Å²) >= 11 is 5.76. The van der Waals surface area contributed by atoms with Gasteiger partial charge in [-0.15, -0.1) is 0 Å². The minimum atomic E-state index is -4.82. The average Bonchev–Trinajstić information content (AvgIpc) is 2.72. The Morgan fingerprint density at radius 3 is 2.68 bits per heavy atom. The molecule has 0 fully saturated rings. The normalized spacial score (nSPS) is 24.5. The van der Waals surface area contributed by atoms with Gasteiger partial charge in [-0.2, -0.15) is 8.42 Å². The molecule has 1 aromatic carbocycles. The summed E-state index contributed by atoms with van der Waals surface area (Å²) in [4.78, 5) is 12.5. The van der Waals surface area contributed by atoms with Gasteiger partial charge in [-0.25, -0.2) is 0 Å². The summed E-state index contributed by atoms with van der Waals surface area (Å²) in [6.45, 7) is 1.60. The number of benzene rings is 1. The van der Waals surface area contributed by atoms with Crippen molar-refractivity contribution in [1.82, 2.24) is 0 Å². The fraction of sp³-hybridized carbons (Fsp3) is 0.357. The molecule has 0 unspecified atom stereocenters. The van der Waals surface area contributed by atoms with Crippen molar-refractivity contribution in [2.75, 3.05) is 5.70 Å². The fourth-order valence-corrected chi connectivity index (χ4v) is 2.67. The SMILES string of the molecule is [2H]C([2H])(CCC)S(=O)(=O)OC1=C(N)O[C@]([2H])(c2ccc(Cl)cc2)C1=O. The van der Waals surface area contributed by atoms with Gasteiger partial charge in [0.15, 0.2) is 6.08 Å². The summed E-state index contributed by atoms with van der Waals surface area (Å²) in [5, 5.41) is 0.366. The lowest BCUT2D eigenvalue weighted by Gasteiger charge is -2.09. The van der Waals surface area contributed by atoms with Crippen molar-refractivity contribution < 1.29 is 26.2 Å². The highest BCUT2D eigenvalue weighted by Crippen LogP contribution is 2.32. The Morgan fingerprint density at radius 2 is 2.09 bits per heavy atom. The van der Waals surface area contributed by atoms with Crippen molar-refractivity contribution in [3.8, 4) is 0 Å². The van der Waals surface area contributed by atoms with Crippen molar-refractivity contribution in [3.05, 3.63) is 46.5 Å². The first-order valence-corrected chi connectivity index (χ1v) is 8.17. The first-order chi connectivity index (χ1) is 11.4. The molecule has 0 bridgehead atoms. The van der Waals surface area contributed by atoms with E-state index in [4.69, 9.17) is 26.2 Å². The van der Waals surface area contributed by atoms with Crippen LogP contribution in [0, 0.1) is 0 Å². The van der Waals surface area contributed by atoms with Crippen LogP contribution in [0.15, 0.2) is 35.9 Å². The third-order valence-electron chi connectivity index (χ3n) is 2.68. The van der Waals surface area contributed by atoms with Crippen molar-refractivity contribution >= 4 is 27.5 Å². The molecule has 1 atom stereocenters. The molecule has 6 nitrogen and oxygen atoms in total. The highest BCUT2D eigenvalue weighted by Gasteiger charge is 2.39. The number of hydrogen-bond acceptors (Lipinski definition) is 6. The second kappa shape index (κ2) is 6.58. The first kappa shape index (κ1) is 12.8. The molecule has 2 rings (SSSR count). The van der Waals surface area contributed by atoms with E-state index in [1.807, 2.05) is 0 Å². The van der Waals surface area contributed by atoms with E-state index >= 15 is 0 Å². The maximum absolute atomic E-state index is 12.5. The Hall–Kier alpha value is -1.73. The van der Waals surface area contributed by atoms with Crippen LogP contribution in [-0.2, 0) is 23.8 Å². The van der Waals surface area contributed by atoms with Gasteiger partial charge in [0.05, 0.1) is 7.08 Å². The summed E-state index contributed by atoms with van der Waals surface area (Å²) < 4.78 is 57.2. The lowest BCUT2D eigenvalue weighted by Crippen LogP contribution is -2.17. The highest BCUT2D eigenvalue weighted by molar-refractivity contribution is 7.86. The van der Waals surface area contributed by atoms with Crippen molar-refractivity contribution in [2.45, 2.75) is 25.8 Å². The molecular weight excluding hydrogens is 330 g/mol. The second-order valence-electron chi connectivity index (χ2n) is 4.39. The van der Waals surface area contributed by atoms with E-state index in [2.05, 4.69) is 4.18 Å².